The first kappa shape index (κ1) is 14.8. The molecule has 1 aliphatic rings. The Kier molecular flexibility index (Phi) is 5.38. The second kappa shape index (κ2) is 7.26. The van der Waals surface area contributed by atoms with Crippen molar-refractivity contribution in [2.45, 2.75) is 51.5 Å². The Bertz CT molecular complexity index is 420. The summed E-state index contributed by atoms with van der Waals surface area (Å²) in [6, 6.07) is 0.929. The van der Waals surface area contributed by atoms with Crippen LogP contribution in [-0.2, 0) is 0 Å². The molecule has 6 heteroatoms. The zero-order valence-corrected chi connectivity index (χ0v) is 12.7. The maximum absolute atomic E-state index is 5.55. The van der Waals surface area contributed by atoms with Gasteiger partial charge in [-0.15, -0.1) is 0 Å². The number of nitrogens with zero attached hydrogens (tertiary/aromatic N) is 4. The minimum absolute atomic E-state index is 0.406. The van der Waals surface area contributed by atoms with Gasteiger partial charge in [-0.2, -0.15) is 15.0 Å². The third kappa shape index (κ3) is 3.71. The molecular formula is C14H25N5O. The van der Waals surface area contributed by atoms with Gasteiger partial charge in [0.15, 0.2) is 0 Å². The van der Waals surface area contributed by atoms with Crippen LogP contribution in [0.25, 0.3) is 0 Å². The first-order valence-electron chi connectivity index (χ1n) is 7.54. The Morgan fingerprint density at radius 1 is 1.20 bits per heavy atom. The summed E-state index contributed by atoms with van der Waals surface area (Å²) in [5.41, 5.74) is 0. The number of hydrogen-bond acceptors (Lipinski definition) is 6. The zero-order valence-electron chi connectivity index (χ0n) is 12.7. The van der Waals surface area contributed by atoms with Gasteiger partial charge in [0.05, 0.1) is 6.61 Å². The first-order chi connectivity index (χ1) is 9.74. The molecule has 1 aromatic rings. The summed E-state index contributed by atoms with van der Waals surface area (Å²) in [6.45, 7) is 2.69. The SMILES string of the molecule is CCCOc1nc(NC)nc(N(C)C2CCCCC2)n1. The van der Waals surface area contributed by atoms with E-state index in [0.29, 0.717) is 30.6 Å². The molecule has 0 aliphatic heterocycles. The van der Waals surface area contributed by atoms with Crippen molar-refractivity contribution < 1.29 is 4.74 Å². The van der Waals surface area contributed by atoms with Gasteiger partial charge in [0.25, 0.3) is 0 Å². The van der Waals surface area contributed by atoms with Crippen molar-refractivity contribution in [1.29, 1.82) is 0 Å². The number of hydrogen-bond donors (Lipinski definition) is 1. The van der Waals surface area contributed by atoms with E-state index in [-0.39, 0.29) is 0 Å². The van der Waals surface area contributed by atoms with Gasteiger partial charge >= 0.3 is 6.01 Å². The van der Waals surface area contributed by atoms with Crippen LogP contribution in [0.15, 0.2) is 0 Å². The lowest BCUT2D eigenvalue weighted by molar-refractivity contribution is 0.291. The van der Waals surface area contributed by atoms with Gasteiger partial charge in [-0.3, -0.25) is 0 Å². The van der Waals surface area contributed by atoms with Crippen molar-refractivity contribution >= 4 is 11.9 Å². The molecule has 1 aromatic heterocycles. The maximum Gasteiger partial charge on any atom is 0.323 e. The summed E-state index contributed by atoms with van der Waals surface area (Å²) >= 11 is 0. The molecule has 20 heavy (non-hydrogen) atoms. The van der Waals surface area contributed by atoms with E-state index in [9.17, 15) is 0 Å². The van der Waals surface area contributed by atoms with E-state index in [4.69, 9.17) is 4.74 Å². The fourth-order valence-electron chi connectivity index (χ4n) is 2.50. The highest BCUT2D eigenvalue weighted by Gasteiger charge is 2.21. The molecular weight excluding hydrogens is 254 g/mol. The minimum Gasteiger partial charge on any atom is -0.463 e. The Balaban J connectivity index is 2.15. The topological polar surface area (TPSA) is 63.2 Å². The molecule has 0 saturated heterocycles. The molecule has 0 radical (unpaired) electrons. The highest BCUT2D eigenvalue weighted by Crippen LogP contribution is 2.25. The van der Waals surface area contributed by atoms with Crippen LogP contribution >= 0.6 is 0 Å². The van der Waals surface area contributed by atoms with Crippen LogP contribution in [0.5, 0.6) is 6.01 Å². The third-order valence-electron chi connectivity index (χ3n) is 3.70. The third-order valence-corrected chi connectivity index (χ3v) is 3.70. The molecule has 0 bridgehead atoms. The van der Waals surface area contributed by atoms with Gasteiger partial charge in [-0.1, -0.05) is 26.2 Å². The van der Waals surface area contributed by atoms with Crippen LogP contribution < -0.4 is 15.0 Å². The lowest BCUT2D eigenvalue weighted by Crippen LogP contribution is -2.34. The predicted octanol–water partition coefficient (Wildman–Crippen LogP) is 2.47. The van der Waals surface area contributed by atoms with Crippen LogP contribution in [0, 0.1) is 0 Å². The monoisotopic (exact) mass is 279 g/mol. The molecule has 1 N–H and O–H groups in total. The molecule has 1 fully saturated rings. The van der Waals surface area contributed by atoms with E-state index in [1.807, 2.05) is 7.05 Å². The minimum atomic E-state index is 0.406. The van der Waals surface area contributed by atoms with Crippen LogP contribution in [0.1, 0.15) is 45.4 Å². The molecule has 2 rings (SSSR count). The van der Waals surface area contributed by atoms with Crippen LogP contribution in [0.2, 0.25) is 0 Å². The van der Waals surface area contributed by atoms with E-state index in [1.165, 1.54) is 32.1 Å². The van der Waals surface area contributed by atoms with Gasteiger partial charge in [0.1, 0.15) is 0 Å². The molecule has 6 nitrogen and oxygen atoms in total. The normalized spacial score (nSPS) is 15.9. The van der Waals surface area contributed by atoms with E-state index in [1.54, 1.807) is 0 Å². The second-order valence-corrected chi connectivity index (χ2v) is 5.24. The number of nitrogens with one attached hydrogen (secondary N) is 1. The van der Waals surface area contributed by atoms with Gasteiger partial charge in [-0.05, 0) is 19.3 Å². The summed E-state index contributed by atoms with van der Waals surface area (Å²) < 4.78 is 5.55. The quantitative estimate of drug-likeness (QED) is 0.863. The Morgan fingerprint density at radius 2 is 1.95 bits per heavy atom. The molecule has 1 heterocycles. The first-order valence-corrected chi connectivity index (χ1v) is 7.54. The number of aromatic nitrogens is 3. The predicted molar refractivity (Wildman–Crippen MR) is 80.4 cm³/mol. The maximum atomic E-state index is 5.55. The van der Waals surface area contributed by atoms with Crippen molar-refractivity contribution in [2.75, 3.05) is 30.9 Å². The highest BCUT2D eigenvalue weighted by atomic mass is 16.5. The van der Waals surface area contributed by atoms with E-state index < -0.39 is 0 Å². The number of anilines is 2. The van der Waals surface area contributed by atoms with Gasteiger partial charge in [0, 0.05) is 20.1 Å². The van der Waals surface area contributed by atoms with Crippen molar-refractivity contribution in [3.05, 3.63) is 0 Å². The molecule has 1 aliphatic carbocycles. The molecule has 112 valence electrons. The zero-order chi connectivity index (χ0) is 14.4. The van der Waals surface area contributed by atoms with Crippen molar-refractivity contribution in [3.8, 4) is 6.01 Å². The molecule has 1 saturated carbocycles. The van der Waals surface area contributed by atoms with E-state index >= 15 is 0 Å². The summed E-state index contributed by atoms with van der Waals surface area (Å²) in [7, 11) is 3.87. The fraction of sp³-hybridized carbons (Fsp3) is 0.786. The molecule has 0 atom stereocenters. The number of ether oxygens (including phenoxy) is 1. The van der Waals surface area contributed by atoms with Gasteiger partial charge in [0.2, 0.25) is 11.9 Å². The average Bonchev–Trinajstić information content (AvgIpc) is 2.52. The van der Waals surface area contributed by atoms with E-state index in [2.05, 4.69) is 39.1 Å². The Hall–Kier alpha value is -1.59. The largest absolute Gasteiger partial charge is 0.463 e. The fourth-order valence-corrected chi connectivity index (χ4v) is 2.50. The summed E-state index contributed by atoms with van der Waals surface area (Å²) in [5.74, 6) is 1.26. The molecule has 0 unspecified atom stereocenters. The highest BCUT2D eigenvalue weighted by molar-refractivity contribution is 5.38. The summed E-state index contributed by atoms with van der Waals surface area (Å²) in [6.07, 6.45) is 7.28. The van der Waals surface area contributed by atoms with Crippen LogP contribution in [-0.4, -0.2) is 41.7 Å². The van der Waals surface area contributed by atoms with Crippen LogP contribution in [0.4, 0.5) is 11.9 Å². The molecule has 0 amide bonds. The summed E-state index contributed by atoms with van der Waals surface area (Å²) in [4.78, 5) is 15.3. The van der Waals surface area contributed by atoms with E-state index in [0.717, 1.165) is 6.42 Å². The molecule has 0 spiro atoms. The second-order valence-electron chi connectivity index (χ2n) is 5.24. The van der Waals surface area contributed by atoms with Gasteiger partial charge in [-0.25, -0.2) is 0 Å². The molecule has 0 aromatic carbocycles. The van der Waals surface area contributed by atoms with Crippen molar-refractivity contribution in [3.63, 3.8) is 0 Å². The Morgan fingerprint density at radius 3 is 2.60 bits per heavy atom. The summed E-state index contributed by atoms with van der Waals surface area (Å²) in [5, 5.41) is 2.97. The lowest BCUT2D eigenvalue weighted by Gasteiger charge is -2.31. The van der Waals surface area contributed by atoms with Crippen molar-refractivity contribution in [1.82, 2.24) is 15.0 Å². The standard InChI is InChI=1S/C14H25N5O/c1-4-10-20-14-17-12(15-2)16-13(18-14)19(3)11-8-6-5-7-9-11/h11H,4-10H2,1-3H3,(H,15,16,17,18). The Labute approximate surface area is 121 Å². The van der Waals surface area contributed by atoms with Crippen molar-refractivity contribution in [2.24, 2.45) is 0 Å². The number of rotatable bonds is 6. The average molecular weight is 279 g/mol. The van der Waals surface area contributed by atoms with Crippen LogP contribution in [0.3, 0.4) is 0 Å². The van der Waals surface area contributed by atoms with Gasteiger partial charge < -0.3 is 15.0 Å². The lowest BCUT2D eigenvalue weighted by atomic mass is 9.95. The smallest absolute Gasteiger partial charge is 0.323 e.